The second-order valence-electron chi connectivity index (χ2n) is 5.34. The highest BCUT2D eigenvalue weighted by Crippen LogP contribution is 2.21. The molecule has 1 aromatic heterocycles. The first-order chi connectivity index (χ1) is 11.5. The number of anilines is 2. The molecule has 1 fully saturated rings. The van der Waals surface area contributed by atoms with Gasteiger partial charge in [-0.25, -0.2) is 13.8 Å². The molecule has 126 valence electrons. The van der Waals surface area contributed by atoms with Crippen molar-refractivity contribution in [3.05, 3.63) is 52.7 Å². The summed E-state index contributed by atoms with van der Waals surface area (Å²) in [5, 5.41) is 5.33. The lowest BCUT2D eigenvalue weighted by atomic mass is 10.2. The van der Waals surface area contributed by atoms with Crippen LogP contribution in [0.3, 0.4) is 0 Å². The molecule has 0 radical (unpaired) electrons. The fourth-order valence-corrected chi connectivity index (χ4v) is 2.60. The zero-order valence-electron chi connectivity index (χ0n) is 12.7. The summed E-state index contributed by atoms with van der Waals surface area (Å²) in [5.41, 5.74) is 0.517. The van der Waals surface area contributed by atoms with Crippen LogP contribution in [-0.2, 0) is 0 Å². The lowest BCUT2D eigenvalue weighted by molar-refractivity contribution is 0.102. The summed E-state index contributed by atoms with van der Waals surface area (Å²) in [5.74, 6) is -2.28. The molecule has 8 heteroatoms. The normalized spacial score (nSPS) is 14.5. The quantitative estimate of drug-likeness (QED) is 0.834. The molecule has 2 N–H and O–H groups in total. The van der Waals surface area contributed by atoms with E-state index < -0.39 is 23.1 Å². The number of carbonyl (C=O) groups excluding carboxylic acids is 1. The van der Waals surface area contributed by atoms with Crippen LogP contribution in [0.2, 0.25) is 5.02 Å². The van der Waals surface area contributed by atoms with Gasteiger partial charge in [-0.1, -0.05) is 11.6 Å². The molecule has 0 bridgehead atoms. The molecule has 2 aromatic rings. The van der Waals surface area contributed by atoms with Gasteiger partial charge >= 0.3 is 0 Å². The summed E-state index contributed by atoms with van der Waals surface area (Å²) in [6.07, 6.45) is 1.64. The van der Waals surface area contributed by atoms with Gasteiger partial charge in [-0.3, -0.25) is 4.79 Å². The Bertz CT molecular complexity index is 748. The number of hydrogen-bond acceptors (Lipinski definition) is 4. The number of halogens is 3. The minimum absolute atomic E-state index is 0.258. The molecule has 3 rings (SSSR count). The predicted octanol–water partition coefficient (Wildman–Crippen LogP) is 2.68. The second-order valence-corrected chi connectivity index (χ2v) is 5.75. The average Bonchev–Trinajstić information content (AvgIpc) is 2.59. The van der Waals surface area contributed by atoms with E-state index in [2.05, 4.69) is 20.5 Å². The fraction of sp³-hybridized carbons (Fsp3) is 0.250. The summed E-state index contributed by atoms with van der Waals surface area (Å²) in [6.45, 7) is 3.56. The largest absolute Gasteiger partial charge is 0.368 e. The van der Waals surface area contributed by atoms with Crippen LogP contribution >= 0.6 is 11.6 Å². The first kappa shape index (κ1) is 16.6. The Hall–Kier alpha value is -2.25. The minimum atomic E-state index is -0.892. The van der Waals surface area contributed by atoms with Crippen LogP contribution in [0.25, 0.3) is 0 Å². The van der Waals surface area contributed by atoms with Crippen molar-refractivity contribution >= 4 is 29.0 Å². The van der Waals surface area contributed by atoms with Crippen molar-refractivity contribution in [3.8, 4) is 0 Å². The third-order valence-electron chi connectivity index (χ3n) is 3.73. The zero-order chi connectivity index (χ0) is 17.1. The highest BCUT2D eigenvalue weighted by molar-refractivity contribution is 6.30. The number of benzene rings is 1. The van der Waals surface area contributed by atoms with Gasteiger partial charge in [0.15, 0.2) is 0 Å². The topological polar surface area (TPSA) is 57.3 Å². The van der Waals surface area contributed by atoms with Gasteiger partial charge in [0, 0.05) is 26.2 Å². The summed E-state index contributed by atoms with van der Waals surface area (Å²) in [4.78, 5) is 18.4. The summed E-state index contributed by atoms with van der Waals surface area (Å²) in [7, 11) is 0. The number of rotatable bonds is 3. The fourth-order valence-electron chi connectivity index (χ4n) is 2.45. The molecule has 24 heavy (non-hydrogen) atoms. The van der Waals surface area contributed by atoms with Crippen LogP contribution in [-0.4, -0.2) is 37.1 Å². The smallest absolute Gasteiger partial charge is 0.259 e. The Kier molecular flexibility index (Phi) is 4.92. The molecule has 0 aliphatic carbocycles. The van der Waals surface area contributed by atoms with Crippen LogP contribution in [0, 0.1) is 11.6 Å². The van der Waals surface area contributed by atoms with Gasteiger partial charge in [0.2, 0.25) is 0 Å². The van der Waals surface area contributed by atoms with Crippen molar-refractivity contribution in [2.75, 3.05) is 36.4 Å². The molecule has 5 nitrogen and oxygen atoms in total. The first-order valence-corrected chi connectivity index (χ1v) is 7.80. The molecule has 1 aromatic carbocycles. The molecular weight excluding hydrogens is 338 g/mol. The number of amides is 1. The standard InChI is InChI=1S/C16H15ClF2N4O/c17-12-8-13(18)11(7-14(12)19)16(24)22-15-2-1-10(9-21-15)23-5-3-20-4-6-23/h1-2,7-9,20H,3-6H2,(H,21,22,24). The van der Waals surface area contributed by atoms with Gasteiger partial charge < -0.3 is 15.5 Å². The van der Waals surface area contributed by atoms with E-state index in [1.807, 2.05) is 6.07 Å². The van der Waals surface area contributed by atoms with Crippen LogP contribution < -0.4 is 15.5 Å². The Morgan fingerprint density at radius 3 is 2.62 bits per heavy atom. The van der Waals surface area contributed by atoms with Crippen molar-refractivity contribution in [1.82, 2.24) is 10.3 Å². The van der Waals surface area contributed by atoms with Gasteiger partial charge in [-0.15, -0.1) is 0 Å². The van der Waals surface area contributed by atoms with Gasteiger partial charge in [0.05, 0.1) is 22.5 Å². The third kappa shape index (κ3) is 3.63. The van der Waals surface area contributed by atoms with Gasteiger partial charge in [0.1, 0.15) is 17.5 Å². The number of hydrogen-bond donors (Lipinski definition) is 2. The molecule has 0 atom stereocenters. The van der Waals surface area contributed by atoms with Crippen molar-refractivity contribution in [1.29, 1.82) is 0 Å². The molecule has 0 saturated carbocycles. The SMILES string of the molecule is O=C(Nc1ccc(N2CCNCC2)cn1)c1cc(F)c(Cl)cc1F. The molecule has 0 unspecified atom stereocenters. The molecule has 0 spiro atoms. The van der Waals surface area contributed by atoms with Crippen molar-refractivity contribution in [2.24, 2.45) is 0 Å². The van der Waals surface area contributed by atoms with Gasteiger partial charge in [-0.2, -0.15) is 0 Å². The van der Waals surface area contributed by atoms with Crippen molar-refractivity contribution in [3.63, 3.8) is 0 Å². The number of pyridine rings is 1. The average molecular weight is 353 g/mol. The van der Waals surface area contributed by atoms with E-state index in [1.165, 1.54) is 0 Å². The maximum absolute atomic E-state index is 13.7. The molecular formula is C16H15ClF2N4O. The van der Waals surface area contributed by atoms with E-state index in [9.17, 15) is 13.6 Å². The number of nitrogens with zero attached hydrogens (tertiary/aromatic N) is 2. The Labute approximate surface area is 142 Å². The third-order valence-corrected chi connectivity index (χ3v) is 4.02. The highest BCUT2D eigenvalue weighted by Gasteiger charge is 2.16. The van der Waals surface area contributed by atoms with E-state index in [0.717, 1.165) is 44.0 Å². The lowest BCUT2D eigenvalue weighted by Crippen LogP contribution is -2.43. The number of carbonyl (C=O) groups is 1. The Morgan fingerprint density at radius 1 is 1.21 bits per heavy atom. The lowest BCUT2D eigenvalue weighted by Gasteiger charge is -2.29. The monoisotopic (exact) mass is 352 g/mol. The van der Waals surface area contributed by atoms with E-state index in [0.29, 0.717) is 0 Å². The van der Waals surface area contributed by atoms with E-state index in [-0.39, 0.29) is 10.8 Å². The number of piperazine rings is 1. The predicted molar refractivity (Wildman–Crippen MR) is 88.6 cm³/mol. The van der Waals surface area contributed by atoms with Crippen molar-refractivity contribution in [2.45, 2.75) is 0 Å². The van der Waals surface area contributed by atoms with Crippen LogP contribution in [0.5, 0.6) is 0 Å². The zero-order valence-corrected chi connectivity index (χ0v) is 13.4. The molecule has 1 aliphatic heterocycles. The molecule has 1 aliphatic rings. The Balaban J connectivity index is 1.71. The van der Waals surface area contributed by atoms with Crippen molar-refractivity contribution < 1.29 is 13.6 Å². The number of nitrogens with one attached hydrogen (secondary N) is 2. The van der Waals surface area contributed by atoms with E-state index >= 15 is 0 Å². The van der Waals surface area contributed by atoms with E-state index in [4.69, 9.17) is 11.6 Å². The Morgan fingerprint density at radius 2 is 1.96 bits per heavy atom. The van der Waals surface area contributed by atoms with Crippen LogP contribution in [0.15, 0.2) is 30.5 Å². The van der Waals surface area contributed by atoms with Crippen LogP contribution in [0.4, 0.5) is 20.3 Å². The molecule has 2 heterocycles. The maximum Gasteiger partial charge on any atom is 0.259 e. The number of aromatic nitrogens is 1. The van der Waals surface area contributed by atoms with Gasteiger partial charge in [-0.05, 0) is 24.3 Å². The summed E-state index contributed by atoms with van der Waals surface area (Å²) in [6, 6.07) is 4.99. The molecule has 1 amide bonds. The minimum Gasteiger partial charge on any atom is -0.368 e. The summed E-state index contributed by atoms with van der Waals surface area (Å²) < 4.78 is 27.2. The van der Waals surface area contributed by atoms with Crippen LogP contribution in [0.1, 0.15) is 10.4 Å². The van der Waals surface area contributed by atoms with E-state index in [1.54, 1.807) is 12.3 Å². The van der Waals surface area contributed by atoms with Gasteiger partial charge in [0.25, 0.3) is 5.91 Å². The maximum atomic E-state index is 13.7. The molecule has 1 saturated heterocycles. The second kappa shape index (κ2) is 7.11. The highest BCUT2D eigenvalue weighted by atomic mass is 35.5. The summed E-state index contributed by atoms with van der Waals surface area (Å²) >= 11 is 5.47. The first-order valence-electron chi connectivity index (χ1n) is 7.42.